The van der Waals surface area contributed by atoms with Gasteiger partial charge in [-0.15, -0.1) is 0 Å². The highest BCUT2D eigenvalue weighted by Gasteiger charge is 2.30. The van der Waals surface area contributed by atoms with Crippen LogP contribution in [0, 0.1) is 0 Å². The van der Waals surface area contributed by atoms with E-state index in [1.807, 2.05) is 0 Å². The van der Waals surface area contributed by atoms with Gasteiger partial charge in [-0.1, -0.05) is 13.3 Å². The van der Waals surface area contributed by atoms with Crippen molar-refractivity contribution < 1.29 is 0 Å². The second-order valence-corrected chi connectivity index (χ2v) is 4.47. The monoisotopic (exact) mass is 182 g/mol. The number of rotatable bonds is 2. The molecule has 0 amide bonds. The van der Waals surface area contributed by atoms with Crippen LogP contribution in [0.2, 0.25) is 0 Å². The van der Waals surface area contributed by atoms with Crippen LogP contribution in [0.5, 0.6) is 0 Å². The third kappa shape index (κ3) is 2.05. The van der Waals surface area contributed by atoms with Gasteiger partial charge in [-0.2, -0.15) is 0 Å². The molecule has 0 aromatic rings. The van der Waals surface area contributed by atoms with Crippen molar-refractivity contribution in [3.05, 3.63) is 0 Å². The van der Waals surface area contributed by atoms with Crippen molar-refractivity contribution in [1.82, 2.24) is 10.2 Å². The lowest BCUT2D eigenvalue weighted by Crippen LogP contribution is -2.48. The molecular formula is C11H22N2. The molecule has 0 aromatic heterocycles. The Bertz CT molecular complexity index is 144. The van der Waals surface area contributed by atoms with E-state index < -0.39 is 0 Å². The van der Waals surface area contributed by atoms with E-state index >= 15 is 0 Å². The maximum absolute atomic E-state index is 3.57. The number of piperidine rings is 1. The zero-order valence-corrected chi connectivity index (χ0v) is 8.76. The van der Waals surface area contributed by atoms with Gasteiger partial charge in [-0.05, 0) is 38.8 Å². The van der Waals surface area contributed by atoms with Crippen LogP contribution < -0.4 is 5.32 Å². The fourth-order valence-electron chi connectivity index (χ4n) is 2.91. The van der Waals surface area contributed by atoms with Crippen LogP contribution in [0.3, 0.4) is 0 Å². The molecule has 0 saturated carbocycles. The second kappa shape index (κ2) is 4.43. The van der Waals surface area contributed by atoms with E-state index in [0.29, 0.717) is 0 Å². The SMILES string of the molecule is CCCN1[C@@H]2CCC[C@@H]1CNCC2. The molecule has 13 heavy (non-hydrogen) atoms. The van der Waals surface area contributed by atoms with E-state index in [4.69, 9.17) is 0 Å². The summed E-state index contributed by atoms with van der Waals surface area (Å²) >= 11 is 0. The molecule has 2 aliphatic heterocycles. The Kier molecular flexibility index (Phi) is 3.23. The van der Waals surface area contributed by atoms with Gasteiger partial charge in [0.05, 0.1) is 0 Å². The summed E-state index contributed by atoms with van der Waals surface area (Å²) in [6.07, 6.45) is 7.00. The Morgan fingerprint density at radius 3 is 2.92 bits per heavy atom. The Morgan fingerprint density at radius 2 is 2.08 bits per heavy atom. The minimum Gasteiger partial charge on any atom is -0.315 e. The molecule has 0 unspecified atom stereocenters. The van der Waals surface area contributed by atoms with Crippen molar-refractivity contribution in [3.63, 3.8) is 0 Å². The van der Waals surface area contributed by atoms with Crippen LogP contribution in [0.25, 0.3) is 0 Å². The standard InChI is InChI=1S/C11H22N2/c1-2-8-13-10-4-3-5-11(13)9-12-7-6-10/h10-12H,2-9H2,1H3/t10-,11-/m1/s1. The molecule has 2 heterocycles. The molecule has 2 saturated heterocycles. The summed E-state index contributed by atoms with van der Waals surface area (Å²) in [5.41, 5.74) is 0. The fraction of sp³-hybridized carbons (Fsp3) is 1.00. The second-order valence-electron chi connectivity index (χ2n) is 4.47. The number of nitrogens with one attached hydrogen (secondary N) is 1. The van der Waals surface area contributed by atoms with Gasteiger partial charge in [0, 0.05) is 18.6 Å². The summed E-state index contributed by atoms with van der Waals surface area (Å²) < 4.78 is 0. The summed E-state index contributed by atoms with van der Waals surface area (Å²) in [6, 6.07) is 1.75. The molecular weight excluding hydrogens is 160 g/mol. The highest BCUT2D eigenvalue weighted by molar-refractivity contribution is 4.88. The first-order valence-electron chi connectivity index (χ1n) is 5.88. The summed E-state index contributed by atoms with van der Waals surface area (Å²) in [4.78, 5) is 2.77. The zero-order chi connectivity index (χ0) is 9.10. The van der Waals surface area contributed by atoms with Crippen LogP contribution in [0.1, 0.15) is 39.0 Å². The lowest BCUT2D eigenvalue weighted by atomic mass is 9.94. The lowest BCUT2D eigenvalue weighted by molar-refractivity contribution is 0.0936. The number of hydrogen-bond acceptors (Lipinski definition) is 2. The first-order valence-corrected chi connectivity index (χ1v) is 5.88. The van der Waals surface area contributed by atoms with Gasteiger partial charge in [-0.25, -0.2) is 0 Å². The number of fused-ring (bicyclic) bond motifs is 2. The van der Waals surface area contributed by atoms with Gasteiger partial charge in [0.2, 0.25) is 0 Å². The van der Waals surface area contributed by atoms with Gasteiger partial charge in [0.15, 0.2) is 0 Å². The highest BCUT2D eigenvalue weighted by Crippen LogP contribution is 2.26. The van der Waals surface area contributed by atoms with E-state index in [1.54, 1.807) is 0 Å². The van der Waals surface area contributed by atoms with Crippen molar-refractivity contribution in [2.24, 2.45) is 0 Å². The number of nitrogens with zero attached hydrogens (tertiary/aromatic N) is 1. The van der Waals surface area contributed by atoms with Crippen molar-refractivity contribution in [2.75, 3.05) is 19.6 Å². The maximum Gasteiger partial charge on any atom is 0.0223 e. The van der Waals surface area contributed by atoms with Gasteiger partial charge < -0.3 is 5.32 Å². The van der Waals surface area contributed by atoms with Crippen molar-refractivity contribution in [2.45, 2.75) is 51.1 Å². The van der Waals surface area contributed by atoms with E-state index in [9.17, 15) is 0 Å². The molecule has 2 rings (SSSR count). The van der Waals surface area contributed by atoms with Gasteiger partial charge in [-0.3, -0.25) is 4.90 Å². The summed E-state index contributed by atoms with van der Waals surface area (Å²) in [7, 11) is 0. The Hall–Kier alpha value is -0.0800. The van der Waals surface area contributed by atoms with Crippen LogP contribution in [0.4, 0.5) is 0 Å². The topological polar surface area (TPSA) is 15.3 Å². The van der Waals surface area contributed by atoms with Crippen molar-refractivity contribution >= 4 is 0 Å². The lowest BCUT2D eigenvalue weighted by Gasteiger charge is -2.40. The minimum absolute atomic E-state index is 0.848. The zero-order valence-electron chi connectivity index (χ0n) is 8.76. The molecule has 0 radical (unpaired) electrons. The third-order valence-corrected chi connectivity index (χ3v) is 3.53. The van der Waals surface area contributed by atoms with Gasteiger partial charge in [0.1, 0.15) is 0 Å². The highest BCUT2D eigenvalue weighted by atomic mass is 15.2. The number of hydrogen-bond donors (Lipinski definition) is 1. The predicted octanol–water partition coefficient (Wildman–Crippen LogP) is 1.61. The fourth-order valence-corrected chi connectivity index (χ4v) is 2.91. The average Bonchev–Trinajstić information content (AvgIpc) is 2.28. The largest absolute Gasteiger partial charge is 0.315 e. The molecule has 2 heteroatoms. The van der Waals surface area contributed by atoms with E-state index in [2.05, 4.69) is 17.1 Å². The molecule has 0 aromatic carbocycles. The van der Waals surface area contributed by atoms with Crippen LogP contribution in [-0.2, 0) is 0 Å². The van der Waals surface area contributed by atoms with E-state index in [1.165, 1.54) is 51.7 Å². The quantitative estimate of drug-likeness (QED) is 0.698. The molecule has 1 N–H and O–H groups in total. The van der Waals surface area contributed by atoms with Crippen LogP contribution >= 0.6 is 0 Å². The van der Waals surface area contributed by atoms with Gasteiger partial charge in [0.25, 0.3) is 0 Å². The molecule has 2 atom stereocenters. The third-order valence-electron chi connectivity index (χ3n) is 3.53. The summed E-state index contributed by atoms with van der Waals surface area (Å²) in [5, 5.41) is 3.57. The average molecular weight is 182 g/mol. The normalized spacial score (nSPS) is 35.8. The molecule has 76 valence electrons. The van der Waals surface area contributed by atoms with E-state index in [0.717, 1.165) is 12.1 Å². The molecule has 2 bridgehead atoms. The maximum atomic E-state index is 3.57. The smallest absolute Gasteiger partial charge is 0.0223 e. The minimum atomic E-state index is 0.848. The first kappa shape index (κ1) is 9.47. The Labute approximate surface area is 81.7 Å². The Morgan fingerprint density at radius 1 is 1.23 bits per heavy atom. The molecule has 2 aliphatic rings. The molecule has 0 aliphatic carbocycles. The van der Waals surface area contributed by atoms with E-state index in [-0.39, 0.29) is 0 Å². The van der Waals surface area contributed by atoms with Gasteiger partial charge >= 0.3 is 0 Å². The van der Waals surface area contributed by atoms with Crippen LogP contribution in [0.15, 0.2) is 0 Å². The van der Waals surface area contributed by atoms with Crippen molar-refractivity contribution in [3.8, 4) is 0 Å². The van der Waals surface area contributed by atoms with Crippen molar-refractivity contribution in [1.29, 1.82) is 0 Å². The first-order chi connectivity index (χ1) is 6.42. The van der Waals surface area contributed by atoms with Crippen LogP contribution in [-0.4, -0.2) is 36.6 Å². The summed E-state index contributed by atoms with van der Waals surface area (Å²) in [5.74, 6) is 0. The molecule has 2 nitrogen and oxygen atoms in total. The molecule has 2 fully saturated rings. The summed E-state index contributed by atoms with van der Waals surface area (Å²) in [6.45, 7) is 6.09. The predicted molar refractivity (Wildman–Crippen MR) is 55.9 cm³/mol. The molecule has 0 spiro atoms. The Balaban J connectivity index is 2.02.